The van der Waals surface area contributed by atoms with Gasteiger partial charge >= 0.3 is 5.97 Å². The first-order chi connectivity index (χ1) is 8.97. The monoisotopic (exact) mass is 384 g/mol. The van der Waals surface area contributed by atoms with Gasteiger partial charge in [-0.1, -0.05) is 15.9 Å². The lowest BCUT2D eigenvalue weighted by Crippen LogP contribution is -1.96. The molecule has 0 amide bonds. The molecule has 0 aliphatic heterocycles. The number of hydrogen-bond donors (Lipinski definition) is 1. The number of carboxylic acid groups (broad SMARTS) is 1. The molecule has 19 heavy (non-hydrogen) atoms. The van der Waals surface area contributed by atoms with E-state index in [9.17, 15) is 4.79 Å². The summed E-state index contributed by atoms with van der Waals surface area (Å²) in [6.45, 7) is 1.94. The van der Waals surface area contributed by atoms with Crippen molar-refractivity contribution < 1.29 is 14.6 Å². The number of rotatable bonds is 3. The number of benzene rings is 2. The van der Waals surface area contributed by atoms with Gasteiger partial charge in [0.15, 0.2) is 0 Å². The van der Waals surface area contributed by atoms with Crippen molar-refractivity contribution in [3.8, 4) is 11.5 Å². The third-order valence-electron chi connectivity index (χ3n) is 2.54. The number of aryl methyl sites for hydroxylation is 1. The van der Waals surface area contributed by atoms with E-state index < -0.39 is 5.97 Å². The number of halogens is 2. The molecule has 0 radical (unpaired) electrons. The number of aromatic carboxylic acids is 1. The van der Waals surface area contributed by atoms with Crippen LogP contribution in [0.25, 0.3) is 0 Å². The molecule has 2 rings (SSSR count). The minimum absolute atomic E-state index is 0.215. The van der Waals surface area contributed by atoms with E-state index in [4.69, 9.17) is 9.84 Å². The molecule has 98 valence electrons. The molecule has 0 unspecified atom stereocenters. The smallest absolute Gasteiger partial charge is 0.335 e. The number of ether oxygens (including phenoxy) is 1. The quantitative estimate of drug-likeness (QED) is 0.807. The van der Waals surface area contributed by atoms with Crippen LogP contribution in [0.3, 0.4) is 0 Å². The van der Waals surface area contributed by atoms with Crippen LogP contribution in [0, 0.1) is 6.92 Å². The van der Waals surface area contributed by atoms with E-state index in [1.54, 1.807) is 6.07 Å². The molecule has 2 aromatic rings. The second kappa shape index (κ2) is 5.75. The van der Waals surface area contributed by atoms with Gasteiger partial charge in [-0.2, -0.15) is 0 Å². The Balaban J connectivity index is 2.31. The first kappa shape index (κ1) is 14.1. The van der Waals surface area contributed by atoms with E-state index in [1.807, 2.05) is 25.1 Å². The second-order valence-electron chi connectivity index (χ2n) is 3.96. The summed E-state index contributed by atoms with van der Waals surface area (Å²) in [6, 6.07) is 10.4. The molecular formula is C14H10Br2O3. The van der Waals surface area contributed by atoms with Gasteiger partial charge in [0.05, 0.1) is 10.0 Å². The van der Waals surface area contributed by atoms with Crippen molar-refractivity contribution in [1.29, 1.82) is 0 Å². The highest BCUT2D eigenvalue weighted by atomic mass is 79.9. The van der Waals surface area contributed by atoms with Gasteiger partial charge in [0.2, 0.25) is 0 Å². The highest BCUT2D eigenvalue weighted by molar-refractivity contribution is 9.10. The van der Waals surface area contributed by atoms with Crippen LogP contribution in [-0.4, -0.2) is 11.1 Å². The molecule has 0 aromatic heterocycles. The van der Waals surface area contributed by atoms with Gasteiger partial charge in [-0.3, -0.25) is 0 Å². The fourth-order valence-electron chi connectivity index (χ4n) is 1.56. The number of carbonyl (C=O) groups is 1. The molecule has 1 N–H and O–H groups in total. The van der Waals surface area contributed by atoms with E-state index in [-0.39, 0.29) is 5.56 Å². The molecule has 5 heteroatoms. The largest absolute Gasteiger partial charge is 0.478 e. The number of hydrogen-bond acceptors (Lipinski definition) is 2. The van der Waals surface area contributed by atoms with Crippen molar-refractivity contribution in [2.75, 3.05) is 0 Å². The number of carboxylic acids is 1. The highest BCUT2D eigenvalue weighted by Crippen LogP contribution is 2.33. The van der Waals surface area contributed by atoms with Crippen molar-refractivity contribution in [2.45, 2.75) is 6.92 Å². The Hall–Kier alpha value is -1.33. The van der Waals surface area contributed by atoms with Gasteiger partial charge in [-0.15, -0.1) is 0 Å². The molecule has 0 bridgehead atoms. The van der Waals surface area contributed by atoms with Crippen molar-refractivity contribution >= 4 is 37.8 Å². The Morgan fingerprint density at radius 2 is 1.79 bits per heavy atom. The Morgan fingerprint density at radius 1 is 1.11 bits per heavy atom. The van der Waals surface area contributed by atoms with Gasteiger partial charge in [0.25, 0.3) is 0 Å². The van der Waals surface area contributed by atoms with Crippen molar-refractivity contribution in [1.82, 2.24) is 0 Å². The summed E-state index contributed by atoms with van der Waals surface area (Å²) < 4.78 is 7.36. The molecule has 0 aliphatic carbocycles. The van der Waals surface area contributed by atoms with E-state index in [0.717, 1.165) is 15.8 Å². The standard InChI is InChI=1S/C14H10Br2O3/c1-8-6-10(15)3-5-12(8)19-13-4-2-9(14(17)18)7-11(13)16/h2-7H,1H3,(H,17,18). The van der Waals surface area contributed by atoms with E-state index in [0.29, 0.717) is 10.2 Å². The zero-order valence-corrected chi connectivity index (χ0v) is 13.2. The summed E-state index contributed by atoms with van der Waals surface area (Å²) in [6.07, 6.45) is 0. The predicted octanol–water partition coefficient (Wildman–Crippen LogP) is 5.01. The van der Waals surface area contributed by atoms with Crippen molar-refractivity contribution in [2.24, 2.45) is 0 Å². The average Bonchev–Trinajstić information content (AvgIpc) is 2.34. The molecule has 0 aliphatic rings. The van der Waals surface area contributed by atoms with E-state index >= 15 is 0 Å². The van der Waals surface area contributed by atoms with Crippen LogP contribution in [0.2, 0.25) is 0 Å². The maximum absolute atomic E-state index is 10.8. The lowest BCUT2D eigenvalue weighted by molar-refractivity contribution is 0.0697. The van der Waals surface area contributed by atoms with Gasteiger partial charge in [-0.05, 0) is 64.8 Å². The summed E-state index contributed by atoms with van der Waals surface area (Å²) >= 11 is 6.71. The fourth-order valence-corrected chi connectivity index (χ4v) is 2.50. The van der Waals surface area contributed by atoms with E-state index in [1.165, 1.54) is 12.1 Å². The minimum Gasteiger partial charge on any atom is -0.478 e. The molecule has 0 fully saturated rings. The molecule has 0 heterocycles. The first-order valence-corrected chi connectivity index (χ1v) is 7.03. The van der Waals surface area contributed by atoms with Crippen molar-refractivity contribution in [3.63, 3.8) is 0 Å². The normalized spacial score (nSPS) is 10.3. The summed E-state index contributed by atoms with van der Waals surface area (Å²) in [5.74, 6) is 0.342. The van der Waals surface area contributed by atoms with Crippen LogP contribution in [0.5, 0.6) is 11.5 Å². The minimum atomic E-state index is -0.966. The van der Waals surface area contributed by atoms with Crippen LogP contribution in [0.4, 0.5) is 0 Å². The third-order valence-corrected chi connectivity index (χ3v) is 3.65. The van der Waals surface area contributed by atoms with Crippen LogP contribution >= 0.6 is 31.9 Å². The Morgan fingerprint density at radius 3 is 2.37 bits per heavy atom. The third kappa shape index (κ3) is 3.36. The topological polar surface area (TPSA) is 46.5 Å². The molecule has 0 saturated heterocycles. The average molecular weight is 386 g/mol. The van der Waals surface area contributed by atoms with Gasteiger partial charge < -0.3 is 9.84 Å². The van der Waals surface area contributed by atoms with Gasteiger partial charge in [-0.25, -0.2) is 4.79 Å². The predicted molar refractivity (Wildman–Crippen MR) is 80.1 cm³/mol. The molecule has 0 saturated carbocycles. The summed E-state index contributed by atoms with van der Waals surface area (Å²) in [7, 11) is 0. The van der Waals surface area contributed by atoms with Gasteiger partial charge in [0, 0.05) is 4.47 Å². The van der Waals surface area contributed by atoms with E-state index in [2.05, 4.69) is 31.9 Å². The summed E-state index contributed by atoms with van der Waals surface area (Å²) in [5.41, 5.74) is 1.20. The molecule has 0 spiro atoms. The fraction of sp³-hybridized carbons (Fsp3) is 0.0714. The molecule has 3 nitrogen and oxygen atoms in total. The zero-order chi connectivity index (χ0) is 14.0. The second-order valence-corrected chi connectivity index (χ2v) is 5.73. The first-order valence-electron chi connectivity index (χ1n) is 5.44. The van der Waals surface area contributed by atoms with Crippen LogP contribution in [0.15, 0.2) is 45.3 Å². The Kier molecular flexibility index (Phi) is 4.27. The highest BCUT2D eigenvalue weighted by Gasteiger charge is 2.09. The molecular weight excluding hydrogens is 376 g/mol. The van der Waals surface area contributed by atoms with Crippen LogP contribution < -0.4 is 4.74 Å². The maximum Gasteiger partial charge on any atom is 0.335 e. The summed E-state index contributed by atoms with van der Waals surface area (Å²) in [4.78, 5) is 10.8. The summed E-state index contributed by atoms with van der Waals surface area (Å²) in [5, 5.41) is 8.90. The van der Waals surface area contributed by atoms with Crippen molar-refractivity contribution in [3.05, 3.63) is 56.5 Å². The lowest BCUT2D eigenvalue weighted by Gasteiger charge is -2.11. The van der Waals surface area contributed by atoms with Gasteiger partial charge in [0.1, 0.15) is 11.5 Å². The maximum atomic E-state index is 10.8. The SMILES string of the molecule is Cc1cc(Br)ccc1Oc1ccc(C(=O)O)cc1Br. The molecule has 0 atom stereocenters. The Bertz CT molecular complexity index is 639. The zero-order valence-electron chi connectivity index (χ0n) is 9.98. The lowest BCUT2D eigenvalue weighted by atomic mass is 10.2. The molecule has 2 aromatic carbocycles. The Labute approximate surface area is 127 Å². The van der Waals surface area contributed by atoms with Crippen LogP contribution in [-0.2, 0) is 0 Å². The van der Waals surface area contributed by atoms with Crippen LogP contribution in [0.1, 0.15) is 15.9 Å².